The van der Waals surface area contributed by atoms with Gasteiger partial charge in [-0.2, -0.15) is 0 Å². The number of guanidine groups is 1. The van der Waals surface area contributed by atoms with Crippen molar-refractivity contribution < 1.29 is 4.74 Å². The molecule has 0 aromatic rings. The topological polar surface area (TPSA) is 48.9 Å². The molecule has 1 heterocycles. The molecular formula is C21H43IN4O. The Morgan fingerprint density at radius 3 is 2.59 bits per heavy atom. The Morgan fingerprint density at radius 2 is 1.93 bits per heavy atom. The number of hydrogen-bond donors (Lipinski definition) is 2. The quantitative estimate of drug-likeness (QED) is 0.209. The zero-order valence-corrected chi connectivity index (χ0v) is 20.2. The van der Waals surface area contributed by atoms with Gasteiger partial charge in [0.15, 0.2) is 5.96 Å². The highest BCUT2D eigenvalue weighted by Crippen LogP contribution is 2.40. The van der Waals surface area contributed by atoms with Crippen LogP contribution in [0.3, 0.4) is 0 Å². The molecule has 2 N–H and O–H groups in total. The lowest BCUT2D eigenvalue weighted by Gasteiger charge is -2.33. The molecule has 1 aliphatic carbocycles. The van der Waals surface area contributed by atoms with Crippen LogP contribution in [0.4, 0.5) is 0 Å². The van der Waals surface area contributed by atoms with Gasteiger partial charge in [0.1, 0.15) is 0 Å². The SMILES string of the molecule is CN=C(NCCCCN1CCCCC1C)NCC1(CCOC)CCCC1.I. The van der Waals surface area contributed by atoms with Crippen molar-refractivity contribution in [2.24, 2.45) is 10.4 Å². The molecule has 0 bridgehead atoms. The number of ether oxygens (including phenoxy) is 1. The first kappa shape index (κ1) is 25.0. The molecule has 6 heteroatoms. The lowest BCUT2D eigenvalue weighted by Crippen LogP contribution is -2.43. The summed E-state index contributed by atoms with van der Waals surface area (Å²) < 4.78 is 5.33. The molecule has 160 valence electrons. The number of piperidine rings is 1. The molecule has 27 heavy (non-hydrogen) atoms. The van der Waals surface area contributed by atoms with Gasteiger partial charge in [0, 0.05) is 39.9 Å². The van der Waals surface area contributed by atoms with Gasteiger partial charge >= 0.3 is 0 Å². The first-order valence-electron chi connectivity index (χ1n) is 10.9. The van der Waals surface area contributed by atoms with Crippen molar-refractivity contribution in [1.82, 2.24) is 15.5 Å². The third kappa shape index (κ3) is 8.86. The largest absolute Gasteiger partial charge is 0.385 e. The standard InChI is InChI=1S/C21H42N4O.HI/c1-19-10-4-8-15-25(19)16-9-7-14-23-20(22-2)24-18-21(13-17-26-3)11-5-6-12-21;/h19H,4-18H2,1-3H3,(H2,22,23,24);1H. The van der Waals surface area contributed by atoms with Crippen molar-refractivity contribution in [2.45, 2.75) is 77.2 Å². The van der Waals surface area contributed by atoms with Crippen LogP contribution in [0.5, 0.6) is 0 Å². The molecule has 1 aliphatic heterocycles. The van der Waals surface area contributed by atoms with Gasteiger partial charge < -0.3 is 20.3 Å². The number of aliphatic imine (C=N–C) groups is 1. The van der Waals surface area contributed by atoms with Crippen LogP contribution in [0.15, 0.2) is 4.99 Å². The van der Waals surface area contributed by atoms with Crippen molar-refractivity contribution in [3.63, 3.8) is 0 Å². The van der Waals surface area contributed by atoms with Crippen molar-refractivity contribution in [2.75, 3.05) is 46.9 Å². The van der Waals surface area contributed by atoms with Crippen LogP contribution in [-0.2, 0) is 4.74 Å². The summed E-state index contributed by atoms with van der Waals surface area (Å²) in [6, 6.07) is 0.779. The van der Waals surface area contributed by atoms with E-state index in [-0.39, 0.29) is 24.0 Å². The molecule has 0 aromatic carbocycles. The molecule has 0 radical (unpaired) electrons. The van der Waals surface area contributed by atoms with E-state index in [1.165, 1.54) is 70.9 Å². The summed E-state index contributed by atoms with van der Waals surface area (Å²) in [7, 11) is 3.68. The number of nitrogens with zero attached hydrogens (tertiary/aromatic N) is 2. The zero-order valence-electron chi connectivity index (χ0n) is 17.9. The number of likely N-dealkylation sites (tertiary alicyclic amines) is 1. The molecule has 1 atom stereocenters. The fourth-order valence-electron chi connectivity index (χ4n) is 4.59. The van der Waals surface area contributed by atoms with E-state index in [0.717, 1.165) is 38.1 Å². The number of nitrogens with one attached hydrogen (secondary N) is 2. The van der Waals surface area contributed by atoms with Gasteiger partial charge in [-0.25, -0.2) is 0 Å². The minimum atomic E-state index is 0. The van der Waals surface area contributed by atoms with Crippen LogP contribution < -0.4 is 10.6 Å². The molecule has 0 aromatic heterocycles. The Morgan fingerprint density at radius 1 is 1.15 bits per heavy atom. The second kappa shape index (κ2) is 14.0. The molecule has 0 amide bonds. The van der Waals surface area contributed by atoms with E-state index in [9.17, 15) is 0 Å². The normalized spacial score (nSPS) is 23.1. The predicted octanol–water partition coefficient (Wildman–Crippen LogP) is 4.02. The first-order valence-corrected chi connectivity index (χ1v) is 10.9. The van der Waals surface area contributed by atoms with Gasteiger partial charge in [0.25, 0.3) is 0 Å². The maximum absolute atomic E-state index is 5.33. The van der Waals surface area contributed by atoms with Crippen LogP contribution in [0, 0.1) is 5.41 Å². The number of hydrogen-bond acceptors (Lipinski definition) is 3. The molecule has 1 saturated carbocycles. The van der Waals surface area contributed by atoms with Crippen LogP contribution >= 0.6 is 24.0 Å². The van der Waals surface area contributed by atoms with Crippen LogP contribution in [0.2, 0.25) is 0 Å². The number of halogens is 1. The van der Waals surface area contributed by atoms with Crippen molar-refractivity contribution in [1.29, 1.82) is 0 Å². The second-order valence-corrected chi connectivity index (χ2v) is 8.39. The second-order valence-electron chi connectivity index (χ2n) is 8.39. The first-order chi connectivity index (χ1) is 12.7. The van der Waals surface area contributed by atoms with Crippen molar-refractivity contribution in [3.05, 3.63) is 0 Å². The van der Waals surface area contributed by atoms with Gasteiger partial charge in [0.05, 0.1) is 0 Å². The maximum atomic E-state index is 5.33. The average Bonchev–Trinajstić information content (AvgIpc) is 3.13. The molecule has 2 fully saturated rings. The van der Waals surface area contributed by atoms with Gasteiger partial charge in [0.2, 0.25) is 0 Å². The fraction of sp³-hybridized carbons (Fsp3) is 0.952. The minimum absolute atomic E-state index is 0. The van der Waals surface area contributed by atoms with Crippen molar-refractivity contribution >= 4 is 29.9 Å². The summed E-state index contributed by atoms with van der Waals surface area (Å²) in [6.45, 7) is 7.80. The van der Waals surface area contributed by atoms with Gasteiger partial charge in [-0.05, 0) is 70.4 Å². The maximum Gasteiger partial charge on any atom is 0.190 e. The Kier molecular flexibility index (Phi) is 12.9. The number of methoxy groups -OCH3 is 1. The summed E-state index contributed by atoms with van der Waals surface area (Å²) >= 11 is 0. The van der Waals surface area contributed by atoms with Gasteiger partial charge in [-0.15, -0.1) is 24.0 Å². The van der Waals surface area contributed by atoms with Crippen LogP contribution in [-0.4, -0.2) is 63.8 Å². The van der Waals surface area contributed by atoms with E-state index in [4.69, 9.17) is 4.74 Å². The number of rotatable bonds is 10. The average molecular weight is 495 g/mol. The zero-order chi connectivity index (χ0) is 18.7. The molecule has 1 unspecified atom stereocenters. The molecule has 2 rings (SSSR count). The molecular weight excluding hydrogens is 451 g/mol. The smallest absolute Gasteiger partial charge is 0.190 e. The molecule has 1 saturated heterocycles. The summed E-state index contributed by atoms with van der Waals surface area (Å²) in [6.07, 6.45) is 13.1. The highest BCUT2D eigenvalue weighted by molar-refractivity contribution is 14.0. The highest BCUT2D eigenvalue weighted by Gasteiger charge is 2.33. The lowest BCUT2D eigenvalue weighted by molar-refractivity contribution is 0.138. The Labute approximate surface area is 184 Å². The highest BCUT2D eigenvalue weighted by atomic mass is 127. The van der Waals surface area contributed by atoms with Crippen LogP contribution in [0.1, 0.15) is 71.1 Å². The third-order valence-corrected chi connectivity index (χ3v) is 6.46. The fourth-order valence-corrected chi connectivity index (χ4v) is 4.59. The van der Waals surface area contributed by atoms with E-state index in [2.05, 4.69) is 27.4 Å². The Hall–Kier alpha value is -0.0800. The van der Waals surface area contributed by atoms with Crippen LogP contribution in [0.25, 0.3) is 0 Å². The molecule has 0 spiro atoms. The monoisotopic (exact) mass is 494 g/mol. The Balaban J connectivity index is 0.00000364. The third-order valence-electron chi connectivity index (χ3n) is 6.46. The molecule has 5 nitrogen and oxygen atoms in total. The van der Waals surface area contributed by atoms with E-state index in [0.29, 0.717) is 5.41 Å². The lowest BCUT2D eigenvalue weighted by atomic mass is 9.83. The summed E-state index contributed by atoms with van der Waals surface area (Å²) in [5.74, 6) is 0.958. The minimum Gasteiger partial charge on any atom is -0.385 e. The summed E-state index contributed by atoms with van der Waals surface area (Å²) in [5, 5.41) is 7.09. The summed E-state index contributed by atoms with van der Waals surface area (Å²) in [4.78, 5) is 7.08. The van der Waals surface area contributed by atoms with E-state index >= 15 is 0 Å². The van der Waals surface area contributed by atoms with Gasteiger partial charge in [-0.3, -0.25) is 4.99 Å². The van der Waals surface area contributed by atoms with E-state index < -0.39 is 0 Å². The predicted molar refractivity (Wildman–Crippen MR) is 126 cm³/mol. The van der Waals surface area contributed by atoms with Crippen molar-refractivity contribution in [3.8, 4) is 0 Å². The van der Waals surface area contributed by atoms with E-state index in [1.54, 1.807) is 7.11 Å². The van der Waals surface area contributed by atoms with Gasteiger partial charge in [-0.1, -0.05) is 19.3 Å². The number of unbranched alkanes of at least 4 members (excludes halogenated alkanes) is 1. The Bertz CT molecular complexity index is 413. The van der Waals surface area contributed by atoms with E-state index in [1.807, 2.05) is 7.05 Å². The summed E-state index contributed by atoms with van der Waals surface area (Å²) in [5.41, 5.74) is 0.401. The molecule has 2 aliphatic rings.